The Balaban J connectivity index is 5.00. The lowest BCUT2D eigenvalue weighted by Gasteiger charge is -2.19. The maximum absolute atomic E-state index is 11.8. The van der Waals surface area contributed by atoms with Crippen LogP contribution in [0.15, 0.2) is 12.0 Å². The molecule has 94 valence electrons. The van der Waals surface area contributed by atoms with Gasteiger partial charge in [-0.2, -0.15) is 0 Å². The highest BCUT2D eigenvalue weighted by molar-refractivity contribution is 7.70. The number of phosphoric acid groups is 1. The minimum absolute atomic E-state index is 0.580. The molecule has 2 atom stereocenters. The Bertz CT molecular complexity index is 386. The van der Waals surface area contributed by atoms with Crippen LogP contribution in [0, 0.1) is 5.92 Å². The van der Waals surface area contributed by atoms with E-state index in [1.807, 2.05) is 0 Å². The number of carboxylic acids is 1. The van der Waals surface area contributed by atoms with Gasteiger partial charge in [0.15, 0.2) is 0 Å². The van der Waals surface area contributed by atoms with Gasteiger partial charge in [-0.3, -0.25) is 9.36 Å². The van der Waals surface area contributed by atoms with Crippen LogP contribution in [0.5, 0.6) is 0 Å². The van der Waals surface area contributed by atoms with E-state index in [0.717, 1.165) is 0 Å². The molecule has 10 heteroatoms. The van der Waals surface area contributed by atoms with Crippen molar-refractivity contribution in [2.45, 2.75) is 6.92 Å². The SMILES string of the molecule is C=C(N)[P@@](=O)(C[C@H](C)C(=O)O)OP(=O)(O)O. The van der Waals surface area contributed by atoms with Gasteiger partial charge in [0.2, 0.25) is 0 Å². The molecule has 0 unspecified atom stereocenters. The molecule has 0 saturated carbocycles. The maximum Gasteiger partial charge on any atom is 0.475 e. The Morgan fingerprint density at radius 3 is 2.19 bits per heavy atom. The third-order valence-corrected chi connectivity index (χ3v) is 5.42. The third kappa shape index (κ3) is 4.92. The Labute approximate surface area is 91.8 Å². The molecular formula is C6H13NO7P2. The van der Waals surface area contributed by atoms with E-state index < -0.39 is 38.7 Å². The standard InChI is InChI=1S/C6H13NO7P2/c1-4(6(8)9)3-15(10,5(2)7)14-16(11,12)13/h4H,2-3,7H2,1H3,(H,8,9)(H2,11,12,13)/t4-,15+/m0/s1. The first-order valence-corrected chi connectivity index (χ1v) is 7.35. The molecule has 0 aromatic heterocycles. The summed E-state index contributed by atoms with van der Waals surface area (Å²) >= 11 is 0. The predicted octanol–water partition coefficient (Wildman–Crippen LogP) is 0.524. The van der Waals surface area contributed by atoms with Crippen LogP contribution in [0.25, 0.3) is 0 Å². The fourth-order valence-electron chi connectivity index (χ4n) is 0.813. The number of hydrogen-bond acceptors (Lipinski definition) is 5. The van der Waals surface area contributed by atoms with Gasteiger partial charge >= 0.3 is 13.8 Å². The van der Waals surface area contributed by atoms with Crippen molar-refractivity contribution in [2.24, 2.45) is 11.7 Å². The van der Waals surface area contributed by atoms with Gasteiger partial charge in [-0.1, -0.05) is 13.5 Å². The summed E-state index contributed by atoms with van der Waals surface area (Å²) in [6.07, 6.45) is -0.622. The normalized spacial score (nSPS) is 17.4. The Morgan fingerprint density at radius 2 is 1.94 bits per heavy atom. The summed E-state index contributed by atoms with van der Waals surface area (Å²) in [4.78, 5) is 27.6. The van der Waals surface area contributed by atoms with E-state index in [1.165, 1.54) is 6.92 Å². The zero-order chi connectivity index (χ0) is 13.1. The lowest BCUT2D eigenvalue weighted by atomic mass is 10.2. The molecule has 0 saturated heterocycles. The van der Waals surface area contributed by atoms with Crippen molar-refractivity contribution in [3.05, 3.63) is 12.0 Å². The highest BCUT2D eigenvalue weighted by Crippen LogP contribution is 2.63. The molecule has 0 spiro atoms. The van der Waals surface area contributed by atoms with Crippen molar-refractivity contribution < 1.29 is 33.1 Å². The Morgan fingerprint density at radius 1 is 1.50 bits per heavy atom. The Kier molecular flexibility index (Phi) is 4.91. The molecule has 0 radical (unpaired) electrons. The topological polar surface area (TPSA) is 147 Å². The molecule has 0 fully saturated rings. The number of aliphatic carboxylic acids is 1. The first-order chi connectivity index (χ1) is 6.98. The second kappa shape index (κ2) is 5.12. The van der Waals surface area contributed by atoms with Gasteiger partial charge in [0, 0.05) is 6.16 Å². The van der Waals surface area contributed by atoms with E-state index in [9.17, 15) is 13.9 Å². The van der Waals surface area contributed by atoms with Gasteiger partial charge in [-0.25, -0.2) is 8.88 Å². The lowest BCUT2D eigenvalue weighted by molar-refractivity contribution is -0.140. The minimum atomic E-state index is -5.02. The van der Waals surface area contributed by atoms with E-state index in [4.69, 9.17) is 20.6 Å². The van der Waals surface area contributed by atoms with E-state index in [1.54, 1.807) is 0 Å². The van der Waals surface area contributed by atoms with Crippen molar-refractivity contribution >= 4 is 21.2 Å². The van der Waals surface area contributed by atoms with Gasteiger partial charge in [0.1, 0.15) is 0 Å². The highest BCUT2D eigenvalue weighted by atomic mass is 31.3. The highest BCUT2D eigenvalue weighted by Gasteiger charge is 2.37. The van der Waals surface area contributed by atoms with Crippen LogP contribution < -0.4 is 5.73 Å². The fourth-order valence-corrected chi connectivity index (χ4v) is 3.99. The molecule has 0 aliphatic carbocycles. The second-order valence-electron chi connectivity index (χ2n) is 3.16. The van der Waals surface area contributed by atoms with Gasteiger partial charge < -0.3 is 20.6 Å². The van der Waals surface area contributed by atoms with Crippen LogP contribution in [0.1, 0.15) is 6.92 Å². The zero-order valence-corrected chi connectivity index (χ0v) is 10.2. The minimum Gasteiger partial charge on any atom is -0.481 e. The first-order valence-electron chi connectivity index (χ1n) is 4.01. The summed E-state index contributed by atoms with van der Waals surface area (Å²) in [6, 6.07) is 0. The predicted molar refractivity (Wildman–Crippen MR) is 55.7 cm³/mol. The largest absolute Gasteiger partial charge is 0.481 e. The smallest absolute Gasteiger partial charge is 0.475 e. The number of carboxylic acid groups (broad SMARTS) is 1. The van der Waals surface area contributed by atoms with E-state index in [0.29, 0.717) is 0 Å². The van der Waals surface area contributed by atoms with Crippen LogP contribution in [-0.2, 0) is 18.2 Å². The van der Waals surface area contributed by atoms with E-state index >= 15 is 0 Å². The van der Waals surface area contributed by atoms with Crippen LogP contribution in [-0.4, -0.2) is 27.0 Å². The molecular weight excluding hydrogens is 260 g/mol. The van der Waals surface area contributed by atoms with Crippen LogP contribution in [0.2, 0.25) is 0 Å². The molecule has 8 nitrogen and oxygen atoms in total. The van der Waals surface area contributed by atoms with Crippen molar-refractivity contribution in [1.29, 1.82) is 0 Å². The monoisotopic (exact) mass is 273 g/mol. The summed E-state index contributed by atoms with van der Waals surface area (Å²) in [6.45, 7) is 4.29. The van der Waals surface area contributed by atoms with E-state index in [-0.39, 0.29) is 0 Å². The van der Waals surface area contributed by atoms with Crippen molar-refractivity contribution in [3.8, 4) is 0 Å². The third-order valence-electron chi connectivity index (χ3n) is 1.61. The number of nitrogens with two attached hydrogens (primary N) is 1. The first kappa shape index (κ1) is 15.3. The van der Waals surface area contributed by atoms with Crippen LogP contribution in [0.4, 0.5) is 0 Å². The average molecular weight is 273 g/mol. The number of hydrogen-bond donors (Lipinski definition) is 4. The van der Waals surface area contributed by atoms with Gasteiger partial charge in [-0.05, 0) is 0 Å². The fraction of sp³-hybridized carbons (Fsp3) is 0.500. The van der Waals surface area contributed by atoms with Crippen molar-refractivity contribution in [1.82, 2.24) is 0 Å². The number of rotatable bonds is 6. The van der Waals surface area contributed by atoms with Crippen molar-refractivity contribution in [2.75, 3.05) is 6.16 Å². The molecule has 0 bridgehead atoms. The molecule has 5 N–H and O–H groups in total. The molecule has 0 amide bonds. The lowest BCUT2D eigenvalue weighted by Crippen LogP contribution is -2.17. The molecule has 16 heavy (non-hydrogen) atoms. The Hall–Kier alpha value is -0.650. The van der Waals surface area contributed by atoms with Crippen LogP contribution >= 0.6 is 15.2 Å². The molecule has 0 heterocycles. The van der Waals surface area contributed by atoms with Crippen LogP contribution in [0.3, 0.4) is 0 Å². The van der Waals surface area contributed by atoms with Gasteiger partial charge in [0.05, 0.1) is 11.4 Å². The number of carbonyl (C=O) groups is 1. The zero-order valence-electron chi connectivity index (χ0n) is 8.44. The molecule has 0 aromatic rings. The molecule has 0 rings (SSSR count). The summed E-state index contributed by atoms with van der Waals surface area (Å²) in [5.74, 6) is -2.41. The maximum atomic E-state index is 11.8. The van der Waals surface area contributed by atoms with Gasteiger partial charge in [-0.15, -0.1) is 0 Å². The van der Waals surface area contributed by atoms with E-state index in [2.05, 4.69) is 10.9 Å². The molecule has 0 aliphatic rings. The summed E-state index contributed by atoms with van der Waals surface area (Å²) in [5.41, 5.74) is 4.53. The summed E-state index contributed by atoms with van der Waals surface area (Å²) in [7, 11) is -9.11. The average Bonchev–Trinajstić information content (AvgIpc) is 1.99. The van der Waals surface area contributed by atoms with Crippen molar-refractivity contribution in [3.63, 3.8) is 0 Å². The quantitative estimate of drug-likeness (QED) is 0.512. The molecule has 0 aliphatic heterocycles. The summed E-state index contributed by atoms with van der Waals surface area (Å²) < 4.78 is 26.4. The summed E-state index contributed by atoms with van der Waals surface area (Å²) in [5, 5.41) is 8.58. The second-order valence-corrected chi connectivity index (χ2v) is 7.08. The van der Waals surface area contributed by atoms with Gasteiger partial charge in [0.25, 0.3) is 7.37 Å². The molecule has 0 aromatic carbocycles.